The minimum Gasteiger partial charge on any atom is -0.384 e. The van der Waals surface area contributed by atoms with Crippen LogP contribution in [0.4, 0.5) is 4.39 Å². The first kappa shape index (κ1) is 20.2. The number of aliphatic hydroxyl groups is 1. The van der Waals surface area contributed by atoms with Gasteiger partial charge in [-0.3, -0.25) is 0 Å². The molecule has 0 bridgehead atoms. The monoisotopic (exact) mass is 403 g/mol. The molecule has 1 heterocycles. The van der Waals surface area contributed by atoms with Crippen LogP contribution in [-0.2, 0) is 11.4 Å². The van der Waals surface area contributed by atoms with Gasteiger partial charge in [0.25, 0.3) is 0 Å². The molecule has 0 radical (unpaired) electrons. The fourth-order valence-electron chi connectivity index (χ4n) is 3.63. The van der Waals surface area contributed by atoms with E-state index in [-0.39, 0.29) is 23.5 Å². The zero-order valence-corrected chi connectivity index (χ0v) is 16.5. The van der Waals surface area contributed by atoms with E-state index in [0.717, 1.165) is 24.4 Å². The van der Waals surface area contributed by atoms with Gasteiger partial charge in [-0.15, -0.1) is 24.2 Å². The lowest BCUT2D eigenvalue weighted by molar-refractivity contribution is 0.0124. The first-order valence-corrected chi connectivity index (χ1v) is 9.98. The maximum absolute atomic E-state index is 13.3. The summed E-state index contributed by atoms with van der Waals surface area (Å²) >= 11 is 1.76. The minimum absolute atomic E-state index is 0. The van der Waals surface area contributed by atoms with E-state index in [2.05, 4.69) is 41.7 Å². The number of rotatable bonds is 4. The summed E-state index contributed by atoms with van der Waals surface area (Å²) < 4.78 is 13.3. The normalized spacial score (nSPS) is 22.4. The van der Waals surface area contributed by atoms with Crippen molar-refractivity contribution >= 4 is 34.9 Å². The quantitative estimate of drug-likeness (QED) is 0.650. The van der Waals surface area contributed by atoms with Gasteiger partial charge >= 0.3 is 0 Å². The predicted molar refractivity (Wildman–Crippen MR) is 114 cm³/mol. The molecule has 4 rings (SSSR count). The molecule has 1 aliphatic rings. The maximum atomic E-state index is 13.3. The zero-order valence-electron chi connectivity index (χ0n) is 14.9. The molecule has 3 aromatic carbocycles. The Morgan fingerprint density at radius 2 is 1.78 bits per heavy atom. The second-order valence-corrected chi connectivity index (χ2v) is 8.06. The number of halogens is 2. The number of piperidine rings is 1. The first-order valence-electron chi connectivity index (χ1n) is 8.93. The summed E-state index contributed by atoms with van der Waals surface area (Å²) in [7, 11) is 0. The van der Waals surface area contributed by atoms with Gasteiger partial charge in [0.1, 0.15) is 11.4 Å². The van der Waals surface area contributed by atoms with Crippen molar-refractivity contribution in [3.05, 3.63) is 83.7 Å². The van der Waals surface area contributed by atoms with E-state index in [1.807, 2.05) is 6.07 Å². The van der Waals surface area contributed by atoms with Gasteiger partial charge in [0, 0.05) is 12.3 Å². The SMILES string of the molecule is Cl.OC1(c2ccc(F)cc2)CCNCC1SCc1ccc2ccccc2c1. The Labute approximate surface area is 169 Å². The third-order valence-corrected chi connectivity index (χ3v) is 6.61. The van der Waals surface area contributed by atoms with Crippen LogP contribution >= 0.6 is 24.2 Å². The van der Waals surface area contributed by atoms with Crippen molar-refractivity contribution in [2.45, 2.75) is 23.0 Å². The van der Waals surface area contributed by atoms with Crippen LogP contribution in [-0.4, -0.2) is 23.4 Å². The Bertz CT molecular complexity index is 904. The Balaban J connectivity index is 0.00000210. The zero-order chi connectivity index (χ0) is 18.0. The summed E-state index contributed by atoms with van der Waals surface area (Å²) in [6.45, 7) is 1.51. The summed E-state index contributed by atoms with van der Waals surface area (Å²) in [6, 6.07) is 21.2. The molecule has 1 fully saturated rings. The van der Waals surface area contributed by atoms with E-state index in [4.69, 9.17) is 0 Å². The molecule has 27 heavy (non-hydrogen) atoms. The lowest BCUT2D eigenvalue weighted by atomic mass is 9.84. The molecule has 0 aromatic heterocycles. The van der Waals surface area contributed by atoms with Crippen molar-refractivity contribution in [3.8, 4) is 0 Å². The summed E-state index contributed by atoms with van der Waals surface area (Å²) in [5, 5.41) is 17.2. The highest BCUT2D eigenvalue weighted by molar-refractivity contribution is 7.99. The molecule has 5 heteroatoms. The fourth-order valence-corrected chi connectivity index (χ4v) is 4.97. The first-order chi connectivity index (χ1) is 12.6. The highest BCUT2D eigenvalue weighted by atomic mass is 35.5. The third kappa shape index (κ3) is 4.30. The van der Waals surface area contributed by atoms with Crippen molar-refractivity contribution in [1.82, 2.24) is 5.32 Å². The number of hydrogen-bond donors (Lipinski definition) is 2. The Morgan fingerprint density at radius 1 is 1.04 bits per heavy atom. The predicted octanol–water partition coefficient (Wildman–Crippen LogP) is 4.88. The molecular weight excluding hydrogens is 381 g/mol. The standard InChI is InChI=1S/C22H22FNOS.ClH/c23-20-9-7-19(8-10-20)22(25)11-12-24-14-21(22)26-15-16-5-6-17-3-1-2-4-18(17)13-16;/h1-10,13,21,24-25H,11-12,14-15H2;1H. The van der Waals surface area contributed by atoms with Crippen LogP contribution in [0.3, 0.4) is 0 Å². The van der Waals surface area contributed by atoms with E-state index >= 15 is 0 Å². The Morgan fingerprint density at radius 3 is 2.56 bits per heavy atom. The average Bonchev–Trinajstić information content (AvgIpc) is 2.67. The van der Waals surface area contributed by atoms with Crippen LogP contribution in [0.2, 0.25) is 0 Å². The van der Waals surface area contributed by atoms with Gasteiger partial charge in [-0.1, -0.05) is 54.6 Å². The van der Waals surface area contributed by atoms with Crippen LogP contribution < -0.4 is 5.32 Å². The minimum atomic E-state index is -0.930. The van der Waals surface area contributed by atoms with Crippen molar-refractivity contribution in [3.63, 3.8) is 0 Å². The largest absolute Gasteiger partial charge is 0.384 e. The summed E-state index contributed by atoms with van der Waals surface area (Å²) in [5.41, 5.74) is 1.12. The van der Waals surface area contributed by atoms with Crippen molar-refractivity contribution < 1.29 is 9.50 Å². The number of fused-ring (bicyclic) bond motifs is 1. The molecule has 2 atom stereocenters. The molecule has 142 valence electrons. The highest BCUT2D eigenvalue weighted by Crippen LogP contribution is 2.39. The molecule has 0 saturated carbocycles. The van der Waals surface area contributed by atoms with Crippen molar-refractivity contribution in [2.75, 3.05) is 13.1 Å². The molecule has 1 aliphatic heterocycles. The number of benzene rings is 3. The molecule has 2 unspecified atom stereocenters. The van der Waals surface area contributed by atoms with Crippen LogP contribution in [0, 0.1) is 5.82 Å². The lowest BCUT2D eigenvalue weighted by Crippen LogP contribution is -2.50. The van der Waals surface area contributed by atoms with Crippen molar-refractivity contribution in [2.24, 2.45) is 0 Å². The van der Waals surface area contributed by atoms with Gasteiger partial charge in [-0.25, -0.2) is 4.39 Å². The molecular formula is C22H23ClFNOS. The second kappa shape index (κ2) is 8.61. The Kier molecular flexibility index (Phi) is 6.43. The van der Waals surface area contributed by atoms with Gasteiger partial charge in [0.2, 0.25) is 0 Å². The highest BCUT2D eigenvalue weighted by Gasteiger charge is 2.40. The third-order valence-electron chi connectivity index (χ3n) is 5.15. The van der Waals surface area contributed by atoms with Crippen LogP contribution in [0.25, 0.3) is 10.8 Å². The topological polar surface area (TPSA) is 32.3 Å². The second-order valence-electron chi connectivity index (χ2n) is 6.87. The number of nitrogens with one attached hydrogen (secondary N) is 1. The summed E-state index contributed by atoms with van der Waals surface area (Å²) in [5.74, 6) is 0.562. The summed E-state index contributed by atoms with van der Waals surface area (Å²) in [6.07, 6.45) is 0.633. The van der Waals surface area contributed by atoms with E-state index in [9.17, 15) is 9.50 Å². The molecule has 0 amide bonds. The molecule has 2 nitrogen and oxygen atoms in total. The van der Waals surface area contributed by atoms with Gasteiger partial charge in [0.15, 0.2) is 0 Å². The molecule has 0 aliphatic carbocycles. The van der Waals surface area contributed by atoms with Crippen LogP contribution in [0.5, 0.6) is 0 Å². The average molecular weight is 404 g/mol. The van der Waals surface area contributed by atoms with Gasteiger partial charge < -0.3 is 10.4 Å². The van der Waals surface area contributed by atoms with E-state index in [1.54, 1.807) is 23.9 Å². The van der Waals surface area contributed by atoms with Gasteiger partial charge in [0.05, 0.1) is 5.25 Å². The molecule has 1 saturated heterocycles. The van der Waals surface area contributed by atoms with E-state index < -0.39 is 5.60 Å². The molecule has 0 spiro atoms. The molecule has 2 N–H and O–H groups in total. The van der Waals surface area contributed by atoms with E-state index in [0.29, 0.717) is 6.42 Å². The lowest BCUT2D eigenvalue weighted by Gasteiger charge is -2.40. The number of thioether (sulfide) groups is 1. The van der Waals surface area contributed by atoms with Crippen molar-refractivity contribution in [1.29, 1.82) is 0 Å². The van der Waals surface area contributed by atoms with Gasteiger partial charge in [-0.2, -0.15) is 0 Å². The fraction of sp³-hybridized carbons (Fsp3) is 0.273. The smallest absolute Gasteiger partial charge is 0.123 e. The summed E-state index contributed by atoms with van der Waals surface area (Å²) in [4.78, 5) is 0. The Hall–Kier alpha value is -1.59. The van der Waals surface area contributed by atoms with Crippen LogP contribution in [0.1, 0.15) is 17.5 Å². The number of hydrogen-bond acceptors (Lipinski definition) is 3. The van der Waals surface area contributed by atoms with Crippen LogP contribution in [0.15, 0.2) is 66.7 Å². The molecule has 3 aromatic rings. The van der Waals surface area contributed by atoms with E-state index in [1.165, 1.54) is 28.5 Å². The maximum Gasteiger partial charge on any atom is 0.123 e. The van der Waals surface area contributed by atoms with Gasteiger partial charge in [-0.05, 0) is 47.0 Å².